The molecule has 0 aliphatic heterocycles. The molecule has 202 valence electrons. The average Bonchev–Trinajstić information content (AvgIpc) is 3.32. The van der Waals surface area contributed by atoms with E-state index in [-0.39, 0.29) is 11.4 Å². The summed E-state index contributed by atoms with van der Waals surface area (Å²) >= 11 is 12.5. The molecular formula is C31H20Cl2F3NO3. The summed E-state index contributed by atoms with van der Waals surface area (Å²) in [5.74, 6) is -1.50. The third-order valence-electron chi connectivity index (χ3n) is 6.50. The maximum Gasteiger partial charge on any atom is 0.417 e. The fraction of sp³-hybridized carbons (Fsp3) is 0.0645. The van der Waals surface area contributed by atoms with Crippen LogP contribution in [0.15, 0.2) is 97.2 Å². The molecule has 0 bridgehead atoms. The molecule has 4 nitrogen and oxygen atoms in total. The first kappa shape index (κ1) is 27.4. The number of hydrogen-bond donors (Lipinski definition) is 2. The number of phenolic OH excluding ortho intramolecular Hbond substituents is 1. The van der Waals surface area contributed by atoms with Gasteiger partial charge in [0.05, 0.1) is 11.1 Å². The van der Waals surface area contributed by atoms with Gasteiger partial charge in [-0.15, -0.1) is 0 Å². The summed E-state index contributed by atoms with van der Waals surface area (Å²) in [6.07, 6.45) is -2.71. The molecule has 0 unspecified atom stereocenters. The van der Waals surface area contributed by atoms with Crippen molar-refractivity contribution < 1.29 is 28.2 Å². The minimum Gasteiger partial charge on any atom is -0.508 e. The van der Waals surface area contributed by atoms with Crippen LogP contribution in [0.5, 0.6) is 5.75 Å². The van der Waals surface area contributed by atoms with Crippen molar-refractivity contribution in [3.63, 3.8) is 0 Å². The molecule has 0 spiro atoms. The van der Waals surface area contributed by atoms with Gasteiger partial charge in [0, 0.05) is 45.2 Å². The molecule has 1 aromatic heterocycles. The second-order valence-corrected chi connectivity index (χ2v) is 10.0. The van der Waals surface area contributed by atoms with Crippen LogP contribution >= 0.6 is 23.2 Å². The molecule has 0 atom stereocenters. The van der Waals surface area contributed by atoms with Crippen LogP contribution in [-0.4, -0.2) is 20.7 Å². The lowest BCUT2D eigenvalue weighted by atomic mass is 10.0. The highest BCUT2D eigenvalue weighted by Crippen LogP contribution is 2.36. The van der Waals surface area contributed by atoms with Gasteiger partial charge in [-0.1, -0.05) is 65.7 Å². The second kappa shape index (κ2) is 10.8. The van der Waals surface area contributed by atoms with Crippen LogP contribution in [-0.2, 0) is 12.6 Å². The molecule has 0 saturated heterocycles. The van der Waals surface area contributed by atoms with E-state index >= 15 is 0 Å². The van der Waals surface area contributed by atoms with Crippen molar-refractivity contribution >= 4 is 29.2 Å². The van der Waals surface area contributed by atoms with Crippen LogP contribution in [0.2, 0.25) is 10.0 Å². The van der Waals surface area contributed by atoms with Crippen molar-refractivity contribution in [2.24, 2.45) is 0 Å². The topological polar surface area (TPSA) is 62.5 Å². The number of benzene rings is 4. The van der Waals surface area contributed by atoms with E-state index in [0.717, 1.165) is 28.8 Å². The fourth-order valence-corrected chi connectivity index (χ4v) is 5.06. The van der Waals surface area contributed by atoms with Gasteiger partial charge in [-0.3, -0.25) is 0 Å². The SMILES string of the molecule is O=C(O)c1cc(-n2cc(-c3ccc(Cl)cc3Cl)cc2Cc2ccc(-c3ccc(O)cc3)cc2)ccc1C(F)(F)F. The lowest BCUT2D eigenvalue weighted by Gasteiger charge is -2.14. The molecule has 0 saturated carbocycles. The summed E-state index contributed by atoms with van der Waals surface area (Å²) in [5, 5.41) is 19.9. The number of hydrogen-bond acceptors (Lipinski definition) is 2. The maximum atomic E-state index is 13.5. The average molecular weight is 582 g/mol. The largest absolute Gasteiger partial charge is 0.508 e. The van der Waals surface area contributed by atoms with Gasteiger partial charge in [-0.2, -0.15) is 13.2 Å². The number of aromatic nitrogens is 1. The molecule has 0 amide bonds. The van der Waals surface area contributed by atoms with Crippen LogP contribution in [0.25, 0.3) is 27.9 Å². The highest BCUT2D eigenvalue weighted by atomic mass is 35.5. The maximum absolute atomic E-state index is 13.5. The first-order valence-electron chi connectivity index (χ1n) is 12.0. The molecule has 0 radical (unpaired) electrons. The summed E-state index contributed by atoms with van der Waals surface area (Å²) in [5.41, 5.74) is 3.05. The van der Waals surface area contributed by atoms with E-state index in [1.54, 1.807) is 41.1 Å². The fourth-order valence-electron chi connectivity index (χ4n) is 4.54. The third kappa shape index (κ3) is 5.71. The Bertz CT molecular complexity index is 1710. The first-order valence-corrected chi connectivity index (χ1v) is 12.7. The first-order chi connectivity index (χ1) is 19.0. The van der Waals surface area contributed by atoms with E-state index in [0.29, 0.717) is 33.3 Å². The number of carboxylic acid groups (broad SMARTS) is 1. The van der Waals surface area contributed by atoms with E-state index in [1.807, 2.05) is 42.5 Å². The zero-order chi connectivity index (χ0) is 28.6. The van der Waals surface area contributed by atoms with Crippen molar-refractivity contribution in [2.45, 2.75) is 12.6 Å². The van der Waals surface area contributed by atoms with Gasteiger partial charge in [-0.05, 0) is 65.2 Å². The summed E-state index contributed by atoms with van der Waals surface area (Å²) in [4.78, 5) is 11.7. The standard InChI is InChI=1S/C31H20Cl2F3NO3/c32-22-7-11-26(29(33)15-22)21-14-24(13-18-1-3-19(4-2-18)20-5-9-25(38)10-6-20)37(17-21)23-8-12-28(31(34,35)36)27(16-23)30(39)40/h1-12,14-17,38H,13H2,(H,39,40). The van der Waals surface area contributed by atoms with Gasteiger partial charge in [0.1, 0.15) is 5.75 Å². The zero-order valence-electron chi connectivity index (χ0n) is 20.6. The number of carboxylic acids is 1. The van der Waals surface area contributed by atoms with Crippen LogP contribution in [0.1, 0.15) is 27.2 Å². The van der Waals surface area contributed by atoms with Crippen LogP contribution in [0.3, 0.4) is 0 Å². The van der Waals surface area contributed by atoms with Gasteiger partial charge in [-0.25, -0.2) is 4.79 Å². The molecule has 0 fully saturated rings. The Balaban J connectivity index is 1.58. The molecule has 5 rings (SSSR count). The monoisotopic (exact) mass is 581 g/mol. The molecular weight excluding hydrogens is 562 g/mol. The summed E-state index contributed by atoms with van der Waals surface area (Å²) < 4.78 is 42.1. The summed E-state index contributed by atoms with van der Waals surface area (Å²) in [6, 6.07) is 24.5. The molecule has 40 heavy (non-hydrogen) atoms. The Hall–Kier alpha value is -4.20. The van der Waals surface area contributed by atoms with Crippen molar-refractivity contribution in [2.75, 3.05) is 0 Å². The lowest BCUT2D eigenvalue weighted by Crippen LogP contribution is -2.14. The smallest absolute Gasteiger partial charge is 0.417 e. The quantitative estimate of drug-likeness (QED) is 0.210. The number of aromatic hydroxyl groups is 1. The highest BCUT2D eigenvalue weighted by Gasteiger charge is 2.35. The van der Waals surface area contributed by atoms with Gasteiger partial charge < -0.3 is 14.8 Å². The Morgan fingerprint density at radius 3 is 2.05 bits per heavy atom. The number of rotatable bonds is 6. The van der Waals surface area contributed by atoms with Gasteiger partial charge in [0.2, 0.25) is 0 Å². The Kier molecular flexibility index (Phi) is 7.36. The second-order valence-electron chi connectivity index (χ2n) is 9.17. The van der Waals surface area contributed by atoms with Crippen LogP contribution in [0, 0.1) is 0 Å². The predicted molar refractivity (Wildman–Crippen MR) is 150 cm³/mol. The van der Waals surface area contributed by atoms with Gasteiger partial charge >= 0.3 is 12.1 Å². The minimum absolute atomic E-state index is 0.173. The zero-order valence-corrected chi connectivity index (χ0v) is 22.1. The van der Waals surface area contributed by atoms with Crippen molar-refractivity contribution in [3.05, 3.63) is 130 Å². The normalized spacial score (nSPS) is 11.5. The number of phenols is 1. The van der Waals surface area contributed by atoms with Gasteiger partial charge in [0.15, 0.2) is 0 Å². The molecule has 1 heterocycles. The van der Waals surface area contributed by atoms with Crippen molar-refractivity contribution in [1.29, 1.82) is 0 Å². The summed E-state index contributed by atoms with van der Waals surface area (Å²) in [7, 11) is 0. The molecule has 0 aliphatic carbocycles. The van der Waals surface area contributed by atoms with Crippen molar-refractivity contribution in [3.8, 4) is 33.7 Å². The molecule has 4 aromatic carbocycles. The van der Waals surface area contributed by atoms with Gasteiger partial charge in [0.25, 0.3) is 0 Å². The van der Waals surface area contributed by atoms with Crippen LogP contribution < -0.4 is 0 Å². The lowest BCUT2D eigenvalue weighted by molar-refractivity contribution is -0.138. The number of aromatic carboxylic acids is 1. The Labute approximate surface area is 237 Å². The number of nitrogens with zero attached hydrogens (tertiary/aromatic N) is 1. The number of carbonyl (C=O) groups is 1. The van der Waals surface area contributed by atoms with Crippen molar-refractivity contribution in [1.82, 2.24) is 4.57 Å². The van der Waals surface area contributed by atoms with E-state index in [1.165, 1.54) is 6.07 Å². The third-order valence-corrected chi connectivity index (χ3v) is 7.05. The van der Waals surface area contributed by atoms with E-state index in [9.17, 15) is 28.2 Å². The summed E-state index contributed by atoms with van der Waals surface area (Å²) in [6.45, 7) is 0. The minimum atomic E-state index is -4.81. The number of alkyl halides is 3. The van der Waals surface area contributed by atoms with Crippen LogP contribution in [0.4, 0.5) is 13.2 Å². The Morgan fingerprint density at radius 2 is 1.45 bits per heavy atom. The van der Waals surface area contributed by atoms with E-state index in [2.05, 4.69) is 0 Å². The molecule has 9 heteroatoms. The molecule has 5 aromatic rings. The van der Waals surface area contributed by atoms with E-state index < -0.39 is 23.3 Å². The molecule has 0 aliphatic rings. The number of halogens is 5. The highest BCUT2D eigenvalue weighted by molar-refractivity contribution is 6.36. The Morgan fingerprint density at radius 1 is 0.800 bits per heavy atom. The molecule has 2 N–H and O–H groups in total. The van der Waals surface area contributed by atoms with E-state index in [4.69, 9.17) is 23.2 Å². The predicted octanol–water partition coefficient (Wildman–Crippen LogP) is 9.13.